The first-order valence-electron chi connectivity index (χ1n) is 9.74. The predicted molar refractivity (Wildman–Crippen MR) is 111 cm³/mol. The van der Waals surface area contributed by atoms with Crippen molar-refractivity contribution in [2.24, 2.45) is 0 Å². The quantitative estimate of drug-likeness (QED) is 0.700. The average Bonchev–Trinajstić information content (AvgIpc) is 2.69. The predicted octanol–water partition coefficient (Wildman–Crippen LogP) is 4.24. The number of benzene rings is 2. The van der Waals surface area contributed by atoms with Gasteiger partial charge in [-0.1, -0.05) is 54.1 Å². The zero-order chi connectivity index (χ0) is 18.9. The number of likely N-dealkylation sites (tertiary alicyclic amines) is 1. The van der Waals surface area contributed by atoms with Crippen LogP contribution in [0.5, 0.6) is 0 Å². The van der Waals surface area contributed by atoms with Crippen molar-refractivity contribution in [2.45, 2.75) is 38.3 Å². The Hall–Kier alpha value is -2.04. The van der Waals surface area contributed by atoms with Gasteiger partial charge in [0.05, 0.1) is 0 Å². The Balaban J connectivity index is 1.29. The molecule has 4 nitrogen and oxygen atoms in total. The van der Waals surface area contributed by atoms with E-state index in [0.717, 1.165) is 50.3 Å². The zero-order valence-corrected chi connectivity index (χ0v) is 16.4. The number of carbonyl (C=O) groups excluding carboxylic acids is 1. The molecule has 0 unspecified atom stereocenters. The van der Waals surface area contributed by atoms with Gasteiger partial charge in [0.2, 0.25) is 0 Å². The molecule has 2 aromatic carbocycles. The Bertz CT molecular complexity index is 697. The van der Waals surface area contributed by atoms with E-state index in [9.17, 15) is 4.79 Å². The standard InChI is InChI=1S/C22H28ClN3O/c23-20-10-8-19(9-11-20)17-26-15-12-21(13-16-26)25-22(27)24-14-4-7-18-5-2-1-3-6-18/h1-3,5-6,8-11,21H,4,7,12-17H2,(H2,24,25,27). The summed E-state index contributed by atoms with van der Waals surface area (Å²) in [5, 5.41) is 6.87. The van der Waals surface area contributed by atoms with Gasteiger partial charge in [-0.25, -0.2) is 4.79 Å². The molecule has 1 heterocycles. The van der Waals surface area contributed by atoms with E-state index in [0.29, 0.717) is 6.54 Å². The van der Waals surface area contributed by atoms with Gasteiger partial charge in [0.15, 0.2) is 0 Å². The Morgan fingerprint density at radius 3 is 2.41 bits per heavy atom. The number of hydrogen-bond donors (Lipinski definition) is 2. The van der Waals surface area contributed by atoms with E-state index in [4.69, 9.17) is 11.6 Å². The summed E-state index contributed by atoms with van der Waals surface area (Å²) in [6.45, 7) is 3.65. The first-order valence-corrected chi connectivity index (χ1v) is 10.1. The van der Waals surface area contributed by atoms with Crippen LogP contribution in [0, 0.1) is 0 Å². The van der Waals surface area contributed by atoms with Crippen LogP contribution < -0.4 is 10.6 Å². The molecule has 1 fully saturated rings. The van der Waals surface area contributed by atoms with E-state index < -0.39 is 0 Å². The fourth-order valence-electron chi connectivity index (χ4n) is 3.46. The van der Waals surface area contributed by atoms with Gasteiger partial charge in [-0.05, 0) is 48.9 Å². The lowest BCUT2D eigenvalue weighted by atomic mass is 10.0. The molecule has 0 atom stereocenters. The molecule has 1 saturated heterocycles. The third-order valence-electron chi connectivity index (χ3n) is 5.01. The molecule has 0 aliphatic carbocycles. The molecule has 0 saturated carbocycles. The lowest BCUT2D eigenvalue weighted by Crippen LogP contribution is -2.47. The number of rotatable bonds is 7. The van der Waals surface area contributed by atoms with E-state index in [1.54, 1.807) is 0 Å². The van der Waals surface area contributed by atoms with Crippen LogP contribution in [-0.4, -0.2) is 36.6 Å². The van der Waals surface area contributed by atoms with Crippen molar-refractivity contribution >= 4 is 17.6 Å². The van der Waals surface area contributed by atoms with Crippen LogP contribution in [0.3, 0.4) is 0 Å². The summed E-state index contributed by atoms with van der Waals surface area (Å²) in [6, 6.07) is 18.6. The molecule has 3 rings (SSSR count). The van der Waals surface area contributed by atoms with Crippen LogP contribution in [0.1, 0.15) is 30.4 Å². The number of halogens is 1. The molecule has 5 heteroatoms. The van der Waals surface area contributed by atoms with E-state index in [1.807, 2.05) is 18.2 Å². The summed E-state index contributed by atoms with van der Waals surface area (Å²) in [7, 11) is 0. The van der Waals surface area contributed by atoms with Crippen molar-refractivity contribution in [3.05, 3.63) is 70.7 Å². The maximum atomic E-state index is 12.1. The highest BCUT2D eigenvalue weighted by Crippen LogP contribution is 2.16. The third kappa shape index (κ3) is 6.89. The van der Waals surface area contributed by atoms with Crippen molar-refractivity contribution in [3.63, 3.8) is 0 Å². The molecule has 2 N–H and O–H groups in total. The summed E-state index contributed by atoms with van der Waals surface area (Å²) in [5.41, 5.74) is 2.59. The van der Waals surface area contributed by atoms with Gasteiger partial charge in [-0.2, -0.15) is 0 Å². The van der Waals surface area contributed by atoms with Crippen LogP contribution in [0.25, 0.3) is 0 Å². The fourth-order valence-corrected chi connectivity index (χ4v) is 3.58. The van der Waals surface area contributed by atoms with Crippen LogP contribution in [-0.2, 0) is 13.0 Å². The number of piperidine rings is 1. The molecular formula is C22H28ClN3O. The SMILES string of the molecule is O=C(NCCCc1ccccc1)NC1CCN(Cc2ccc(Cl)cc2)CC1. The van der Waals surface area contributed by atoms with Crippen LogP contribution in [0.2, 0.25) is 5.02 Å². The number of carbonyl (C=O) groups is 1. The summed E-state index contributed by atoms with van der Waals surface area (Å²) < 4.78 is 0. The highest BCUT2D eigenvalue weighted by molar-refractivity contribution is 6.30. The molecule has 2 aromatic rings. The smallest absolute Gasteiger partial charge is 0.315 e. The number of nitrogens with one attached hydrogen (secondary N) is 2. The first kappa shape index (κ1) is 19.7. The topological polar surface area (TPSA) is 44.4 Å². The van der Waals surface area contributed by atoms with Crippen molar-refractivity contribution in [1.29, 1.82) is 0 Å². The molecule has 0 bridgehead atoms. The number of aryl methyl sites for hydroxylation is 1. The van der Waals surface area contributed by atoms with E-state index in [2.05, 4.69) is 51.9 Å². The Morgan fingerprint density at radius 1 is 1.00 bits per heavy atom. The second-order valence-corrected chi connectivity index (χ2v) is 7.60. The third-order valence-corrected chi connectivity index (χ3v) is 5.26. The summed E-state index contributed by atoms with van der Waals surface area (Å²) >= 11 is 5.94. The minimum Gasteiger partial charge on any atom is -0.338 e. The number of amides is 2. The largest absolute Gasteiger partial charge is 0.338 e. The molecule has 0 spiro atoms. The van der Waals surface area contributed by atoms with Crippen molar-refractivity contribution < 1.29 is 4.79 Å². The van der Waals surface area contributed by atoms with E-state index >= 15 is 0 Å². The lowest BCUT2D eigenvalue weighted by molar-refractivity contribution is 0.186. The maximum Gasteiger partial charge on any atom is 0.315 e. The molecule has 2 amide bonds. The molecule has 144 valence electrons. The molecule has 27 heavy (non-hydrogen) atoms. The lowest BCUT2D eigenvalue weighted by Gasteiger charge is -2.32. The first-order chi connectivity index (χ1) is 13.2. The second-order valence-electron chi connectivity index (χ2n) is 7.17. The van der Waals surface area contributed by atoms with Crippen LogP contribution in [0.15, 0.2) is 54.6 Å². The maximum absolute atomic E-state index is 12.1. The number of nitrogens with zero attached hydrogens (tertiary/aromatic N) is 1. The van der Waals surface area contributed by atoms with Gasteiger partial charge >= 0.3 is 6.03 Å². The van der Waals surface area contributed by atoms with Crippen molar-refractivity contribution in [2.75, 3.05) is 19.6 Å². The molecule has 1 aliphatic heterocycles. The fraction of sp³-hybridized carbons (Fsp3) is 0.409. The van der Waals surface area contributed by atoms with Crippen LogP contribution in [0.4, 0.5) is 4.79 Å². The number of hydrogen-bond acceptors (Lipinski definition) is 2. The molecule has 0 aromatic heterocycles. The zero-order valence-electron chi connectivity index (χ0n) is 15.7. The normalized spacial score (nSPS) is 15.4. The Morgan fingerprint density at radius 2 is 1.70 bits per heavy atom. The van der Waals surface area contributed by atoms with E-state index in [-0.39, 0.29) is 12.1 Å². The van der Waals surface area contributed by atoms with Gasteiger partial charge in [-0.15, -0.1) is 0 Å². The highest BCUT2D eigenvalue weighted by Gasteiger charge is 2.20. The second kappa shape index (κ2) is 10.3. The minimum absolute atomic E-state index is 0.0424. The highest BCUT2D eigenvalue weighted by atomic mass is 35.5. The van der Waals surface area contributed by atoms with Gasteiger partial charge < -0.3 is 10.6 Å². The van der Waals surface area contributed by atoms with Gasteiger partial charge in [0.1, 0.15) is 0 Å². The summed E-state index contributed by atoms with van der Waals surface area (Å²) in [4.78, 5) is 14.5. The minimum atomic E-state index is -0.0424. The monoisotopic (exact) mass is 385 g/mol. The average molecular weight is 386 g/mol. The summed E-state index contributed by atoms with van der Waals surface area (Å²) in [5.74, 6) is 0. The van der Waals surface area contributed by atoms with Gasteiger partial charge in [0.25, 0.3) is 0 Å². The van der Waals surface area contributed by atoms with Crippen molar-refractivity contribution in [1.82, 2.24) is 15.5 Å². The van der Waals surface area contributed by atoms with Gasteiger partial charge in [-0.3, -0.25) is 4.90 Å². The number of urea groups is 1. The Kier molecular flexibility index (Phi) is 7.55. The van der Waals surface area contributed by atoms with Crippen LogP contribution >= 0.6 is 11.6 Å². The Labute approximate surface area is 166 Å². The summed E-state index contributed by atoms with van der Waals surface area (Å²) in [6.07, 6.45) is 3.93. The molecule has 0 radical (unpaired) electrons. The van der Waals surface area contributed by atoms with E-state index in [1.165, 1.54) is 11.1 Å². The van der Waals surface area contributed by atoms with Crippen molar-refractivity contribution in [3.8, 4) is 0 Å². The molecular weight excluding hydrogens is 358 g/mol. The molecule has 1 aliphatic rings. The van der Waals surface area contributed by atoms with Gasteiger partial charge in [0, 0.05) is 37.2 Å².